The number of esters is 1. The summed E-state index contributed by atoms with van der Waals surface area (Å²) >= 11 is 10.5. The van der Waals surface area contributed by atoms with Crippen LogP contribution in [0, 0.1) is 5.92 Å². The average Bonchev–Trinajstić information content (AvgIpc) is 2.95. The lowest BCUT2D eigenvalue weighted by Gasteiger charge is -2.25. The Morgan fingerprint density at radius 1 is 1.15 bits per heavy atom. The minimum absolute atomic E-state index is 0. The third-order valence-electron chi connectivity index (χ3n) is 6.28. The molecule has 0 radical (unpaired) electrons. The summed E-state index contributed by atoms with van der Waals surface area (Å²) in [5, 5.41) is 13.4. The lowest BCUT2D eigenvalue weighted by Crippen LogP contribution is -2.44. The Bertz CT molecular complexity index is 1400. The fraction of sp³-hybridized carbons (Fsp3) is 0.250. The number of rotatable bonds is 11. The summed E-state index contributed by atoms with van der Waals surface area (Å²) < 4.78 is 12.5. The normalized spacial score (nSPS) is 16.4. The molecule has 1 aliphatic carbocycles. The van der Waals surface area contributed by atoms with Crippen LogP contribution in [0.15, 0.2) is 106 Å². The van der Waals surface area contributed by atoms with Gasteiger partial charge in [0, 0.05) is 34.9 Å². The van der Waals surface area contributed by atoms with Crippen LogP contribution in [-0.2, 0) is 20.9 Å². The number of allylic oxidation sites excluding steroid dienone is 2. The molecule has 0 saturated heterocycles. The van der Waals surface area contributed by atoms with Gasteiger partial charge in [-0.3, -0.25) is 9.78 Å². The minimum atomic E-state index is -0.843. The molecule has 1 aromatic heterocycles. The van der Waals surface area contributed by atoms with Gasteiger partial charge in [0.1, 0.15) is 18.4 Å². The second-order valence-corrected chi connectivity index (χ2v) is 10.8. The highest BCUT2D eigenvalue weighted by Gasteiger charge is 2.25. The number of aliphatic hydroxyl groups excluding tert-OH is 1. The van der Waals surface area contributed by atoms with Crippen molar-refractivity contribution in [2.24, 2.45) is 5.92 Å². The van der Waals surface area contributed by atoms with E-state index >= 15 is 0 Å². The highest BCUT2D eigenvalue weighted by molar-refractivity contribution is 9.10. The molecule has 0 saturated carbocycles. The SMILES string of the molecule is CC(C)OC(=O)[C@H](CO)NCC1C=C(Cl)C(OCc2cccc(-c3ccccc3)c2Br)=CC1=Cc1cccnc1.Cl. The van der Waals surface area contributed by atoms with E-state index in [-0.39, 0.29) is 31.0 Å². The number of nitrogens with one attached hydrogen (secondary N) is 1. The first-order valence-corrected chi connectivity index (χ1v) is 14.2. The Kier molecular flexibility index (Phi) is 12.6. The van der Waals surface area contributed by atoms with Crippen LogP contribution in [0.3, 0.4) is 0 Å². The Morgan fingerprint density at radius 3 is 2.61 bits per heavy atom. The van der Waals surface area contributed by atoms with Crippen molar-refractivity contribution in [3.8, 4) is 11.1 Å². The number of carbonyl (C=O) groups excluding carboxylic acids is 1. The van der Waals surface area contributed by atoms with E-state index in [1.807, 2.05) is 60.7 Å². The van der Waals surface area contributed by atoms with Crippen LogP contribution >= 0.6 is 39.9 Å². The molecule has 1 aliphatic rings. The lowest BCUT2D eigenvalue weighted by molar-refractivity contribution is -0.151. The van der Waals surface area contributed by atoms with Crippen LogP contribution in [0.2, 0.25) is 0 Å². The van der Waals surface area contributed by atoms with Gasteiger partial charge in [0.2, 0.25) is 0 Å². The summed E-state index contributed by atoms with van der Waals surface area (Å²) in [6.45, 7) is 3.84. The first kappa shape index (κ1) is 32.6. The number of aliphatic hydroxyl groups is 1. The zero-order valence-electron chi connectivity index (χ0n) is 22.8. The molecule has 0 spiro atoms. The van der Waals surface area contributed by atoms with Crippen LogP contribution in [0.25, 0.3) is 17.2 Å². The van der Waals surface area contributed by atoms with Crippen molar-refractivity contribution in [3.05, 3.63) is 117 Å². The molecule has 216 valence electrons. The topological polar surface area (TPSA) is 80.7 Å². The quantitative estimate of drug-likeness (QED) is 0.214. The molecule has 1 unspecified atom stereocenters. The zero-order valence-corrected chi connectivity index (χ0v) is 26.0. The van der Waals surface area contributed by atoms with Crippen LogP contribution in [-0.4, -0.2) is 41.4 Å². The molecule has 41 heavy (non-hydrogen) atoms. The van der Waals surface area contributed by atoms with Gasteiger partial charge < -0.3 is 19.9 Å². The molecule has 2 aromatic carbocycles. The van der Waals surface area contributed by atoms with Crippen molar-refractivity contribution in [3.63, 3.8) is 0 Å². The van der Waals surface area contributed by atoms with E-state index in [1.165, 1.54) is 0 Å². The second-order valence-electron chi connectivity index (χ2n) is 9.62. The van der Waals surface area contributed by atoms with E-state index < -0.39 is 12.0 Å². The standard InChI is InChI=1S/C32H32BrClN2O4.ClH/c1-21(2)40-32(38)29(19-37)36-18-26-15-28(34)30(16-25(26)14-22-8-7-13-35-17-22)39-20-24-11-6-12-27(31(24)33)23-9-4-3-5-10-23;/h3-17,21,26,29,36-37H,18-20H2,1-2H3;1H/t26?,29-;/m0./s1. The smallest absolute Gasteiger partial charge is 0.325 e. The molecule has 0 aliphatic heterocycles. The summed E-state index contributed by atoms with van der Waals surface area (Å²) in [7, 11) is 0. The number of hydrogen-bond acceptors (Lipinski definition) is 6. The van der Waals surface area contributed by atoms with Gasteiger partial charge in [-0.1, -0.05) is 72.3 Å². The predicted molar refractivity (Wildman–Crippen MR) is 169 cm³/mol. The number of hydrogen-bond donors (Lipinski definition) is 2. The van der Waals surface area contributed by atoms with E-state index in [9.17, 15) is 9.90 Å². The number of nitrogens with zero attached hydrogens (tertiary/aromatic N) is 1. The average molecular weight is 660 g/mol. The van der Waals surface area contributed by atoms with E-state index in [4.69, 9.17) is 21.1 Å². The van der Waals surface area contributed by atoms with Gasteiger partial charge >= 0.3 is 5.97 Å². The molecule has 2 atom stereocenters. The Hall–Kier alpha value is -2.94. The maximum absolute atomic E-state index is 12.4. The van der Waals surface area contributed by atoms with Crippen LogP contribution < -0.4 is 5.32 Å². The Morgan fingerprint density at radius 2 is 1.93 bits per heavy atom. The molecular formula is C32H33BrCl2N2O4. The maximum atomic E-state index is 12.4. The molecule has 3 aromatic rings. The summed E-state index contributed by atoms with van der Waals surface area (Å²) in [6.07, 6.45) is 9.03. The highest BCUT2D eigenvalue weighted by atomic mass is 79.9. The van der Waals surface area contributed by atoms with E-state index in [1.54, 1.807) is 26.2 Å². The monoisotopic (exact) mass is 658 g/mol. The number of aromatic nitrogens is 1. The van der Waals surface area contributed by atoms with Crippen LogP contribution in [0.1, 0.15) is 25.0 Å². The number of benzene rings is 2. The third kappa shape index (κ3) is 9.02. The first-order chi connectivity index (χ1) is 19.4. The van der Waals surface area contributed by atoms with E-state index in [0.717, 1.165) is 32.3 Å². The van der Waals surface area contributed by atoms with Gasteiger partial charge in [0.15, 0.2) is 0 Å². The molecule has 1 heterocycles. The lowest BCUT2D eigenvalue weighted by atomic mass is 9.91. The molecule has 9 heteroatoms. The van der Waals surface area contributed by atoms with Crippen molar-refractivity contribution >= 4 is 52.0 Å². The van der Waals surface area contributed by atoms with Crippen LogP contribution in [0.5, 0.6) is 0 Å². The fourth-order valence-electron chi connectivity index (χ4n) is 4.27. The van der Waals surface area contributed by atoms with Crippen molar-refractivity contribution in [1.29, 1.82) is 0 Å². The zero-order chi connectivity index (χ0) is 28.5. The number of ether oxygens (including phenoxy) is 2. The van der Waals surface area contributed by atoms with E-state index in [0.29, 0.717) is 23.9 Å². The first-order valence-electron chi connectivity index (χ1n) is 13.1. The van der Waals surface area contributed by atoms with Crippen molar-refractivity contribution < 1.29 is 19.4 Å². The molecular weight excluding hydrogens is 627 g/mol. The van der Waals surface area contributed by atoms with Crippen molar-refractivity contribution in [1.82, 2.24) is 10.3 Å². The number of halogens is 3. The minimum Gasteiger partial charge on any atom is -0.487 e. The van der Waals surface area contributed by atoms with Crippen molar-refractivity contribution in [2.45, 2.75) is 32.6 Å². The van der Waals surface area contributed by atoms with Gasteiger partial charge in [0.05, 0.1) is 17.7 Å². The molecule has 6 nitrogen and oxygen atoms in total. The van der Waals surface area contributed by atoms with Crippen molar-refractivity contribution in [2.75, 3.05) is 13.2 Å². The Labute approximate surface area is 260 Å². The molecule has 0 fully saturated rings. The molecule has 4 rings (SSSR count). The highest BCUT2D eigenvalue weighted by Crippen LogP contribution is 2.35. The summed E-state index contributed by atoms with van der Waals surface area (Å²) in [5.74, 6) is -0.138. The van der Waals surface area contributed by atoms with E-state index in [2.05, 4.69) is 44.4 Å². The molecule has 0 bridgehead atoms. The van der Waals surface area contributed by atoms with Gasteiger partial charge in [-0.15, -0.1) is 12.4 Å². The third-order valence-corrected chi connectivity index (χ3v) is 7.53. The number of pyridine rings is 1. The van der Waals surface area contributed by atoms with Gasteiger partial charge in [-0.25, -0.2) is 0 Å². The second kappa shape index (κ2) is 15.9. The summed E-state index contributed by atoms with van der Waals surface area (Å²) in [5.41, 5.74) is 5.02. The molecule has 2 N–H and O–H groups in total. The van der Waals surface area contributed by atoms with Crippen LogP contribution in [0.4, 0.5) is 0 Å². The largest absolute Gasteiger partial charge is 0.487 e. The molecule has 0 amide bonds. The summed E-state index contributed by atoms with van der Waals surface area (Å²) in [4.78, 5) is 16.6. The predicted octanol–water partition coefficient (Wildman–Crippen LogP) is 7.07. The summed E-state index contributed by atoms with van der Waals surface area (Å²) in [6, 6.07) is 19.2. The van der Waals surface area contributed by atoms with Gasteiger partial charge in [-0.2, -0.15) is 0 Å². The Balaban J connectivity index is 0.00000462. The number of carbonyl (C=O) groups is 1. The van der Waals surface area contributed by atoms with Gasteiger partial charge in [-0.05, 0) is 70.3 Å². The van der Waals surface area contributed by atoms with Gasteiger partial charge in [0.25, 0.3) is 0 Å². The fourth-order valence-corrected chi connectivity index (χ4v) is 5.13. The maximum Gasteiger partial charge on any atom is 0.325 e.